The largest absolute Gasteiger partial charge is 0.324 e. The Morgan fingerprint density at radius 1 is 0.938 bits per heavy atom. The lowest BCUT2D eigenvalue weighted by molar-refractivity contribution is -0.114. The van der Waals surface area contributed by atoms with E-state index in [0.29, 0.717) is 10.8 Å². The molecule has 2 N–H and O–H groups in total. The van der Waals surface area contributed by atoms with E-state index < -0.39 is 17.6 Å². The van der Waals surface area contributed by atoms with Crippen LogP contribution < -0.4 is 16.2 Å². The monoisotopic (exact) mass is 430 g/mol. The molecule has 4 aromatic rings. The van der Waals surface area contributed by atoms with Gasteiger partial charge in [0.25, 0.3) is 11.5 Å². The van der Waals surface area contributed by atoms with Crippen molar-refractivity contribution in [1.82, 2.24) is 9.78 Å². The molecule has 3 aromatic carbocycles. The average molecular weight is 430 g/mol. The highest BCUT2D eigenvalue weighted by atomic mass is 19.1. The first kappa shape index (κ1) is 20.9. The fraction of sp³-hybridized carbons (Fsp3) is 0.0833. The SMILES string of the molecule is CC(=O)Nc1cc(NC(=O)c2nn(Cc3ccccc3)c(=O)c3ccccc23)ccc1F. The molecule has 7 nitrogen and oxygen atoms in total. The summed E-state index contributed by atoms with van der Waals surface area (Å²) in [6.45, 7) is 1.46. The van der Waals surface area contributed by atoms with Crippen molar-refractivity contribution >= 4 is 34.0 Å². The highest BCUT2D eigenvalue weighted by molar-refractivity contribution is 6.11. The van der Waals surface area contributed by atoms with Gasteiger partial charge in [0, 0.05) is 18.0 Å². The van der Waals surface area contributed by atoms with Gasteiger partial charge in [0.1, 0.15) is 5.82 Å². The third-order valence-electron chi connectivity index (χ3n) is 4.79. The Hall–Kier alpha value is -4.33. The summed E-state index contributed by atoms with van der Waals surface area (Å²) < 4.78 is 15.2. The van der Waals surface area contributed by atoms with Gasteiger partial charge in [0.05, 0.1) is 17.6 Å². The van der Waals surface area contributed by atoms with E-state index in [0.717, 1.165) is 11.6 Å². The van der Waals surface area contributed by atoms with E-state index in [9.17, 15) is 18.8 Å². The molecule has 32 heavy (non-hydrogen) atoms. The molecule has 2 amide bonds. The molecule has 4 rings (SSSR count). The minimum Gasteiger partial charge on any atom is -0.324 e. The number of rotatable bonds is 5. The lowest BCUT2D eigenvalue weighted by Gasteiger charge is -2.12. The summed E-state index contributed by atoms with van der Waals surface area (Å²) in [5.41, 5.74) is 0.827. The first-order chi connectivity index (χ1) is 15.4. The molecule has 0 atom stereocenters. The number of halogens is 1. The van der Waals surface area contributed by atoms with Crippen LogP contribution in [0.2, 0.25) is 0 Å². The van der Waals surface area contributed by atoms with E-state index >= 15 is 0 Å². The first-order valence-corrected chi connectivity index (χ1v) is 9.84. The van der Waals surface area contributed by atoms with E-state index in [1.807, 2.05) is 30.3 Å². The summed E-state index contributed by atoms with van der Waals surface area (Å²) in [6.07, 6.45) is 0. The number of carbonyl (C=O) groups is 2. The Kier molecular flexibility index (Phi) is 5.76. The lowest BCUT2D eigenvalue weighted by atomic mass is 10.1. The van der Waals surface area contributed by atoms with Gasteiger partial charge in [-0.15, -0.1) is 0 Å². The number of amides is 2. The number of anilines is 2. The zero-order valence-corrected chi connectivity index (χ0v) is 17.1. The summed E-state index contributed by atoms with van der Waals surface area (Å²) >= 11 is 0. The van der Waals surface area contributed by atoms with Crippen LogP contribution in [-0.2, 0) is 11.3 Å². The number of aromatic nitrogens is 2. The van der Waals surface area contributed by atoms with E-state index in [2.05, 4.69) is 15.7 Å². The van der Waals surface area contributed by atoms with Crippen molar-refractivity contribution in [3.63, 3.8) is 0 Å². The number of hydrogen-bond acceptors (Lipinski definition) is 4. The third kappa shape index (κ3) is 4.39. The standard InChI is InChI=1S/C24H19FN4O3/c1-15(30)26-21-13-17(11-12-20(21)25)27-23(31)22-18-9-5-6-10-19(18)24(32)29(28-22)14-16-7-3-2-4-8-16/h2-13H,14H2,1H3,(H,26,30)(H,27,31). The number of carbonyl (C=O) groups excluding carboxylic acids is 2. The molecule has 8 heteroatoms. The van der Waals surface area contributed by atoms with Crippen LogP contribution >= 0.6 is 0 Å². The molecule has 160 valence electrons. The second-order valence-electron chi connectivity index (χ2n) is 7.17. The van der Waals surface area contributed by atoms with Gasteiger partial charge in [-0.3, -0.25) is 14.4 Å². The van der Waals surface area contributed by atoms with Crippen LogP contribution in [0.3, 0.4) is 0 Å². The Bertz CT molecular complexity index is 1380. The molecule has 0 bridgehead atoms. The van der Waals surface area contributed by atoms with Gasteiger partial charge in [-0.05, 0) is 29.8 Å². The topological polar surface area (TPSA) is 93.1 Å². The minimum absolute atomic E-state index is 0.0536. The summed E-state index contributed by atoms with van der Waals surface area (Å²) in [4.78, 5) is 37.3. The van der Waals surface area contributed by atoms with Gasteiger partial charge >= 0.3 is 0 Å². The predicted molar refractivity (Wildman–Crippen MR) is 120 cm³/mol. The lowest BCUT2D eigenvalue weighted by Crippen LogP contribution is -2.28. The summed E-state index contributed by atoms with van der Waals surface area (Å²) in [6, 6.07) is 19.9. The quantitative estimate of drug-likeness (QED) is 0.504. The van der Waals surface area contributed by atoms with Crippen molar-refractivity contribution in [1.29, 1.82) is 0 Å². The number of fused-ring (bicyclic) bond motifs is 1. The van der Waals surface area contributed by atoms with Gasteiger partial charge in [0.2, 0.25) is 5.91 Å². The maximum absolute atomic E-state index is 13.9. The van der Waals surface area contributed by atoms with Gasteiger partial charge < -0.3 is 10.6 Å². The van der Waals surface area contributed by atoms with E-state index in [1.54, 1.807) is 24.3 Å². The number of nitrogens with one attached hydrogen (secondary N) is 2. The second-order valence-corrected chi connectivity index (χ2v) is 7.17. The Morgan fingerprint density at radius 2 is 1.62 bits per heavy atom. The molecule has 0 unspecified atom stereocenters. The zero-order chi connectivity index (χ0) is 22.7. The maximum atomic E-state index is 13.9. The van der Waals surface area contributed by atoms with Gasteiger partial charge in [-0.2, -0.15) is 5.10 Å². The van der Waals surface area contributed by atoms with Crippen molar-refractivity contribution < 1.29 is 14.0 Å². The van der Waals surface area contributed by atoms with Crippen molar-refractivity contribution in [2.24, 2.45) is 0 Å². The van der Waals surface area contributed by atoms with E-state index in [4.69, 9.17) is 0 Å². The zero-order valence-electron chi connectivity index (χ0n) is 17.1. The van der Waals surface area contributed by atoms with Crippen molar-refractivity contribution in [2.45, 2.75) is 13.5 Å². The van der Waals surface area contributed by atoms with Crippen LogP contribution in [0.15, 0.2) is 77.6 Å². The van der Waals surface area contributed by atoms with Crippen molar-refractivity contribution in [3.05, 3.63) is 100 Å². The number of hydrogen-bond donors (Lipinski definition) is 2. The fourth-order valence-corrected chi connectivity index (χ4v) is 3.35. The highest BCUT2D eigenvalue weighted by Gasteiger charge is 2.18. The predicted octanol–water partition coefficient (Wildman–Crippen LogP) is 3.79. The molecule has 1 heterocycles. The Morgan fingerprint density at radius 3 is 2.34 bits per heavy atom. The molecular formula is C24H19FN4O3. The molecule has 0 aliphatic heterocycles. The molecule has 1 aromatic heterocycles. The van der Waals surface area contributed by atoms with Crippen molar-refractivity contribution in [2.75, 3.05) is 10.6 Å². The second kappa shape index (κ2) is 8.81. The molecule has 0 saturated carbocycles. The van der Waals surface area contributed by atoms with Gasteiger partial charge in [0.15, 0.2) is 5.69 Å². The van der Waals surface area contributed by atoms with Gasteiger partial charge in [-0.1, -0.05) is 48.5 Å². The van der Waals surface area contributed by atoms with Crippen LogP contribution in [0.25, 0.3) is 10.8 Å². The average Bonchev–Trinajstić information content (AvgIpc) is 2.78. The highest BCUT2D eigenvalue weighted by Crippen LogP contribution is 2.21. The summed E-state index contributed by atoms with van der Waals surface area (Å²) in [5.74, 6) is -1.63. The fourth-order valence-electron chi connectivity index (χ4n) is 3.35. The molecule has 0 radical (unpaired) electrons. The molecule has 0 aliphatic rings. The maximum Gasteiger partial charge on any atom is 0.276 e. The Balaban J connectivity index is 1.73. The summed E-state index contributed by atoms with van der Waals surface area (Å²) in [5, 5.41) is 10.1. The van der Waals surface area contributed by atoms with Crippen LogP contribution in [0.1, 0.15) is 23.0 Å². The van der Waals surface area contributed by atoms with Crippen LogP contribution in [0.5, 0.6) is 0 Å². The molecule has 0 spiro atoms. The smallest absolute Gasteiger partial charge is 0.276 e. The van der Waals surface area contributed by atoms with Gasteiger partial charge in [-0.25, -0.2) is 9.07 Å². The van der Waals surface area contributed by atoms with E-state index in [-0.39, 0.29) is 29.2 Å². The Labute approximate surface area is 182 Å². The number of nitrogens with zero attached hydrogens (tertiary/aromatic N) is 2. The molecule has 0 fully saturated rings. The summed E-state index contributed by atoms with van der Waals surface area (Å²) in [7, 11) is 0. The molecule has 0 saturated heterocycles. The first-order valence-electron chi connectivity index (χ1n) is 9.84. The molecular weight excluding hydrogens is 411 g/mol. The third-order valence-corrected chi connectivity index (χ3v) is 4.79. The van der Waals surface area contributed by atoms with Crippen LogP contribution in [0, 0.1) is 5.82 Å². The minimum atomic E-state index is -0.627. The molecule has 0 aliphatic carbocycles. The number of benzene rings is 3. The normalized spacial score (nSPS) is 10.7. The van der Waals surface area contributed by atoms with Crippen LogP contribution in [0.4, 0.5) is 15.8 Å². The van der Waals surface area contributed by atoms with E-state index in [1.165, 1.54) is 23.7 Å². The van der Waals surface area contributed by atoms with Crippen LogP contribution in [-0.4, -0.2) is 21.6 Å². The van der Waals surface area contributed by atoms with Crippen molar-refractivity contribution in [3.8, 4) is 0 Å².